The Hall–Kier alpha value is -2.56. The smallest absolute Gasteiger partial charge is 0.253 e. The van der Waals surface area contributed by atoms with E-state index in [9.17, 15) is 23.1 Å². The van der Waals surface area contributed by atoms with Crippen LogP contribution in [-0.2, 0) is 14.8 Å². The van der Waals surface area contributed by atoms with Crippen molar-refractivity contribution in [2.45, 2.75) is 90.2 Å². The quantitative estimate of drug-likeness (QED) is 0.546. The summed E-state index contributed by atoms with van der Waals surface area (Å²) < 4.78 is 28.0. The van der Waals surface area contributed by atoms with Crippen LogP contribution in [0.4, 0.5) is 0 Å². The van der Waals surface area contributed by atoms with E-state index in [2.05, 4.69) is 12.2 Å². The number of hydrogen-bond donors (Lipinski definition) is 2. The summed E-state index contributed by atoms with van der Waals surface area (Å²) in [6.45, 7) is 9.32. The van der Waals surface area contributed by atoms with E-state index in [0.29, 0.717) is 56.2 Å². The molecule has 4 aliphatic rings. The van der Waals surface area contributed by atoms with Crippen LogP contribution in [0.3, 0.4) is 0 Å². The second kappa shape index (κ2) is 11.3. The average Bonchev–Trinajstić information content (AvgIpc) is 3.23. The van der Waals surface area contributed by atoms with Crippen LogP contribution in [0.1, 0.15) is 92.3 Å². The predicted molar refractivity (Wildman–Crippen MR) is 160 cm³/mol. The van der Waals surface area contributed by atoms with Gasteiger partial charge in [-0.25, -0.2) is 8.42 Å². The lowest BCUT2D eigenvalue weighted by Crippen LogP contribution is -2.50. The maximum absolute atomic E-state index is 13.3. The minimum Gasteiger partial charge on any atom is -0.390 e. The topological polar surface area (TPSA) is 119 Å². The number of nitrogens with zero attached hydrogens (tertiary/aromatic N) is 3. The summed E-state index contributed by atoms with van der Waals surface area (Å²) in [4.78, 5) is 32.7. The fraction of sp³-hybridized carbons (Fsp3) is 0.645. The van der Waals surface area contributed by atoms with Gasteiger partial charge in [-0.15, -0.1) is 0 Å². The van der Waals surface area contributed by atoms with E-state index in [1.165, 1.54) is 9.71 Å². The Morgan fingerprint density at radius 3 is 2.20 bits per heavy atom. The van der Waals surface area contributed by atoms with Crippen LogP contribution in [0.5, 0.6) is 0 Å². The number of sulfonamides is 1. The maximum Gasteiger partial charge on any atom is 0.253 e. The van der Waals surface area contributed by atoms with Crippen LogP contribution in [-0.4, -0.2) is 77.7 Å². The molecule has 2 N–H and O–H groups in total. The lowest BCUT2D eigenvalue weighted by molar-refractivity contribution is -0.125. The van der Waals surface area contributed by atoms with Gasteiger partial charge in [0, 0.05) is 43.1 Å². The van der Waals surface area contributed by atoms with Crippen LogP contribution in [0.2, 0.25) is 0 Å². The molecule has 1 spiro atoms. The highest BCUT2D eigenvalue weighted by Gasteiger charge is 2.48. The Kier molecular flexibility index (Phi) is 8.22. The Morgan fingerprint density at radius 2 is 1.61 bits per heavy atom. The van der Waals surface area contributed by atoms with Crippen molar-refractivity contribution < 1.29 is 23.1 Å². The molecule has 10 heteroatoms. The SMILES string of the molecule is Cc1cc(C(=O)N2CCC(C)(O)CC2)cc(C)c1/C=C/S(=O)(=O)N1CCC2(CC1)N=C(C1CCC(C)CC1)NC2=O. The summed E-state index contributed by atoms with van der Waals surface area (Å²) in [6, 6.07) is 3.61. The maximum atomic E-state index is 13.3. The summed E-state index contributed by atoms with van der Waals surface area (Å²) in [5.74, 6) is 1.65. The summed E-state index contributed by atoms with van der Waals surface area (Å²) in [6.07, 6.45) is 7.82. The van der Waals surface area contributed by atoms with Gasteiger partial charge in [0.2, 0.25) is 10.0 Å². The van der Waals surface area contributed by atoms with Crippen LogP contribution in [0, 0.1) is 25.7 Å². The fourth-order valence-electron chi connectivity index (χ4n) is 6.69. The number of rotatable bonds is 5. The number of aryl methyl sites for hydroxylation is 2. The molecule has 2 saturated heterocycles. The molecule has 1 saturated carbocycles. The van der Waals surface area contributed by atoms with E-state index in [0.717, 1.165) is 48.2 Å². The van der Waals surface area contributed by atoms with E-state index in [4.69, 9.17) is 4.99 Å². The highest BCUT2D eigenvalue weighted by atomic mass is 32.2. The van der Waals surface area contributed by atoms with Crippen molar-refractivity contribution in [2.75, 3.05) is 26.2 Å². The van der Waals surface area contributed by atoms with E-state index in [1.54, 1.807) is 30.0 Å². The summed E-state index contributed by atoms with van der Waals surface area (Å²) in [5, 5.41) is 14.5. The third-order valence-corrected chi connectivity index (χ3v) is 11.3. The molecule has 0 radical (unpaired) electrons. The van der Waals surface area contributed by atoms with Crippen molar-refractivity contribution in [1.29, 1.82) is 0 Å². The number of hydrogen-bond acceptors (Lipinski definition) is 6. The Bertz CT molecular complexity index is 1330. The number of benzene rings is 1. The van der Waals surface area contributed by atoms with Gasteiger partial charge in [0.1, 0.15) is 11.4 Å². The molecule has 2 amide bonds. The molecule has 0 bridgehead atoms. The highest BCUT2D eigenvalue weighted by molar-refractivity contribution is 7.92. The molecule has 0 unspecified atom stereocenters. The van der Waals surface area contributed by atoms with Crippen molar-refractivity contribution in [1.82, 2.24) is 14.5 Å². The number of likely N-dealkylation sites (tertiary alicyclic amines) is 1. The number of carbonyl (C=O) groups excluding carboxylic acids is 2. The third kappa shape index (κ3) is 6.29. The molecule has 0 atom stereocenters. The van der Waals surface area contributed by atoms with E-state index < -0.39 is 21.2 Å². The fourth-order valence-corrected chi connectivity index (χ4v) is 7.87. The van der Waals surface area contributed by atoms with E-state index >= 15 is 0 Å². The molecular weight excluding hydrogens is 540 g/mol. The lowest BCUT2D eigenvalue weighted by Gasteiger charge is -2.36. The largest absolute Gasteiger partial charge is 0.390 e. The molecule has 1 aromatic carbocycles. The second-order valence-corrected chi connectivity index (χ2v) is 14.8. The van der Waals surface area contributed by atoms with Crippen molar-refractivity contribution in [3.63, 3.8) is 0 Å². The molecule has 224 valence electrons. The number of nitrogens with one attached hydrogen (secondary N) is 1. The third-order valence-electron chi connectivity index (χ3n) is 9.69. The number of aliphatic imine (C=N–C) groups is 1. The number of piperidine rings is 2. The molecule has 41 heavy (non-hydrogen) atoms. The first-order valence-corrected chi connectivity index (χ1v) is 16.5. The van der Waals surface area contributed by atoms with Gasteiger partial charge in [-0.3, -0.25) is 14.6 Å². The van der Waals surface area contributed by atoms with E-state index in [-0.39, 0.29) is 24.9 Å². The molecule has 3 aliphatic heterocycles. The number of amides is 2. The average molecular weight is 585 g/mol. The van der Waals surface area contributed by atoms with Crippen molar-refractivity contribution in [3.05, 3.63) is 39.8 Å². The van der Waals surface area contributed by atoms with E-state index in [1.807, 2.05) is 13.8 Å². The van der Waals surface area contributed by atoms with Crippen LogP contribution >= 0.6 is 0 Å². The number of carbonyl (C=O) groups is 2. The minimum absolute atomic E-state index is 0.0723. The minimum atomic E-state index is -3.70. The predicted octanol–water partition coefficient (Wildman–Crippen LogP) is 3.78. The summed E-state index contributed by atoms with van der Waals surface area (Å²) in [5.41, 5.74) is 1.40. The zero-order valence-electron chi connectivity index (χ0n) is 24.8. The summed E-state index contributed by atoms with van der Waals surface area (Å²) in [7, 11) is -3.70. The molecule has 3 heterocycles. The first kappa shape index (κ1) is 29.9. The zero-order valence-corrected chi connectivity index (χ0v) is 25.6. The molecule has 1 aromatic rings. The van der Waals surface area contributed by atoms with Crippen molar-refractivity contribution in [2.24, 2.45) is 16.8 Å². The Balaban J connectivity index is 1.23. The van der Waals surface area contributed by atoms with Gasteiger partial charge >= 0.3 is 0 Å². The first-order valence-electron chi connectivity index (χ1n) is 15.0. The van der Waals surface area contributed by atoms with Gasteiger partial charge in [-0.2, -0.15) is 4.31 Å². The molecular formula is C31H44N4O5S. The summed E-state index contributed by atoms with van der Waals surface area (Å²) >= 11 is 0. The normalized spacial score (nSPS) is 26.8. The van der Waals surface area contributed by atoms with Gasteiger partial charge in [0.05, 0.1) is 5.60 Å². The number of aliphatic hydroxyl groups is 1. The van der Waals surface area contributed by atoms with Gasteiger partial charge < -0.3 is 15.3 Å². The first-order chi connectivity index (χ1) is 19.3. The second-order valence-electron chi connectivity index (χ2n) is 13.0. The van der Waals surface area contributed by atoms with Gasteiger partial charge in [0.15, 0.2) is 0 Å². The monoisotopic (exact) mass is 584 g/mol. The standard InChI is InChI=1S/C31H44N4O5S/c1-21-5-7-24(8-6-21)27-32-29(37)31(33-27)12-16-35(17-13-31)41(39,40)18-9-26-22(2)19-25(20-23(26)3)28(36)34-14-10-30(4,38)11-15-34/h9,18-21,24,38H,5-8,10-17H2,1-4H3,(H,32,33,37)/b18-9+. The van der Waals surface area contributed by atoms with Crippen molar-refractivity contribution in [3.8, 4) is 0 Å². The van der Waals surface area contributed by atoms with Gasteiger partial charge in [-0.1, -0.05) is 19.8 Å². The highest BCUT2D eigenvalue weighted by Crippen LogP contribution is 2.36. The Labute approximate surface area is 244 Å². The van der Waals surface area contributed by atoms with Gasteiger partial charge in [0.25, 0.3) is 11.8 Å². The lowest BCUT2D eigenvalue weighted by atomic mass is 9.82. The van der Waals surface area contributed by atoms with Crippen LogP contribution in [0.15, 0.2) is 22.5 Å². The zero-order chi connectivity index (χ0) is 29.6. The molecule has 5 rings (SSSR count). The Morgan fingerprint density at radius 1 is 1.02 bits per heavy atom. The van der Waals surface area contributed by atoms with Crippen LogP contribution in [0.25, 0.3) is 6.08 Å². The molecule has 1 aliphatic carbocycles. The molecule has 3 fully saturated rings. The number of amidine groups is 1. The van der Waals surface area contributed by atoms with Gasteiger partial charge in [-0.05, 0) is 100 Å². The molecule has 0 aromatic heterocycles. The molecule has 9 nitrogen and oxygen atoms in total. The van der Waals surface area contributed by atoms with Crippen LogP contribution < -0.4 is 5.32 Å². The van der Waals surface area contributed by atoms with Crippen molar-refractivity contribution >= 4 is 33.7 Å².